The largest absolute Gasteiger partial charge is 0.309 e. The van der Waals surface area contributed by atoms with Crippen molar-refractivity contribution in [2.75, 3.05) is 0 Å². The van der Waals surface area contributed by atoms with Crippen molar-refractivity contribution in [1.29, 1.82) is 0 Å². The number of hydrogen-bond donors (Lipinski definition) is 0. The van der Waals surface area contributed by atoms with Gasteiger partial charge in [-0.25, -0.2) is 22.0 Å². The monoisotopic (exact) mass is 391 g/mol. The Kier molecular flexibility index (Phi) is 5.09. The van der Waals surface area contributed by atoms with Crippen molar-refractivity contribution >= 4 is 23.1 Å². The van der Waals surface area contributed by atoms with Gasteiger partial charge in [0.2, 0.25) is 5.82 Å². The minimum absolute atomic E-state index is 0.315. The van der Waals surface area contributed by atoms with Crippen LogP contribution in [0.3, 0.4) is 0 Å². The first-order chi connectivity index (χ1) is 11.9. The molecule has 0 spiro atoms. The van der Waals surface area contributed by atoms with Crippen LogP contribution in [0, 0.1) is 29.1 Å². The van der Waals surface area contributed by atoms with Gasteiger partial charge in [-0.05, 0) is 11.4 Å². The molecule has 0 aliphatic carbocycles. The predicted molar refractivity (Wildman–Crippen MR) is 83.9 cm³/mol. The summed E-state index contributed by atoms with van der Waals surface area (Å²) in [5, 5.41) is 10.1. The molecule has 0 bridgehead atoms. The molecule has 3 aromatic rings. The van der Waals surface area contributed by atoms with E-state index in [1.54, 1.807) is 23.0 Å². The van der Waals surface area contributed by atoms with Crippen molar-refractivity contribution in [3.05, 3.63) is 62.9 Å². The molecule has 3 rings (SSSR count). The second kappa shape index (κ2) is 7.12. The van der Waals surface area contributed by atoms with Gasteiger partial charge in [-0.15, -0.1) is 21.5 Å². The maximum Gasteiger partial charge on any atom is 0.200 e. The normalized spacial score (nSPS) is 11.3. The Morgan fingerprint density at radius 3 is 2.24 bits per heavy atom. The van der Waals surface area contributed by atoms with Gasteiger partial charge in [-0.2, -0.15) is 0 Å². The number of halogens is 5. The molecule has 3 nitrogen and oxygen atoms in total. The van der Waals surface area contributed by atoms with E-state index in [4.69, 9.17) is 0 Å². The van der Waals surface area contributed by atoms with E-state index >= 15 is 0 Å². The van der Waals surface area contributed by atoms with Crippen LogP contribution in [0.15, 0.2) is 22.7 Å². The van der Waals surface area contributed by atoms with Gasteiger partial charge in [0.25, 0.3) is 0 Å². The van der Waals surface area contributed by atoms with E-state index in [-0.39, 0.29) is 0 Å². The van der Waals surface area contributed by atoms with Crippen LogP contribution in [0.25, 0.3) is 0 Å². The lowest BCUT2D eigenvalue weighted by atomic mass is 10.2. The summed E-state index contributed by atoms with van der Waals surface area (Å²) in [5.41, 5.74) is -0.885. The van der Waals surface area contributed by atoms with Gasteiger partial charge in [0, 0.05) is 29.7 Å². The molecule has 1 aromatic carbocycles. The van der Waals surface area contributed by atoms with E-state index in [2.05, 4.69) is 10.2 Å². The molecular weight excluding hydrogens is 381 g/mol. The molecule has 25 heavy (non-hydrogen) atoms. The lowest BCUT2D eigenvalue weighted by Gasteiger charge is -2.08. The van der Waals surface area contributed by atoms with E-state index < -0.39 is 40.4 Å². The summed E-state index contributed by atoms with van der Waals surface area (Å²) in [5.74, 6) is -9.56. The van der Waals surface area contributed by atoms with E-state index in [0.29, 0.717) is 17.4 Å². The maximum absolute atomic E-state index is 13.7. The fourth-order valence-electron chi connectivity index (χ4n) is 2.11. The van der Waals surface area contributed by atoms with Crippen LogP contribution < -0.4 is 0 Å². The number of rotatable bonds is 5. The van der Waals surface area contributed by atoms with Crippen molar-refractivity contribution in [2.24, 2.45) is 7.05 Å². The van der Waals surface area contributed by atoms with Crippen molar-refractivity contribution in [2.45, 2.75) is 17.3 Å². The third-order valence-electron chi connectivity index (χ3n) is 3.48. The Balaban J connectivity index is 1.80. The van der Waals surface area contributed by atoms with E-state index in [1.807, 2.05) is 17.5 Å². The van der Waals surface area contributed by atoms with Crippen LogP contribution in [0.5, 0.6) is 0 Å². The summed E-state index contributed by atoms with van der Waals surface area (Å²) < 4.78 is 68.5. The zero-order valence-electron chi connectivity index (χ0n) is 12.7. The molecule has 0 saturated heterocycles. The zero-order valence-corrected chi connectivity index (χ0v) is 14.3. The van der Waals surface area contributed by atoms with Crippen LogP contribution in [-0.4, -0.2) is 14.8 Å². The average molecular weight is 391 g/mol. The second-order valence-electron chi connectivity index (χ2n) is 5.05. The fourth-order valence-corrected chi connectivity index (χ4v) is 3.73. The zero-order chi connectivity index (χ0) is 18.1. The highest BCUT2D eigenvalue weighted by atomic mass is 32.2. The SMILES string of the molecule is Cn1c(Cc2cccs2)nnc1SCc1c(F)c(F)c(F)c(F)c1F. The maximum atomic E-state index is 13.7. The first-order valence-corrected chi connectivity index (χ1v) is 8.80. The quantitative estimate of drug-likeness (QED) is 0.279. The van der Waals surface area contributed by atoms with Gasteiger partial charge in [0.05, 0.1) is 0 Å². The summed E-state index contributed by atoms with van der Waals surface area (Å²) in [6.07, 6.45) is 0.532. The van der Waals surface area contributed by atoms with Gasteiger partial charge in [-0.1, -0.05) is 17.8 Å². The number of nitrogens with zero attached hydrogens (tertiary/aromatic N) is 3. The minimum atomic E-state index is -2.17. The van der Waals surface area contributed by atoms with Crippen molar-refractivity contribution < 1.29 is 22.0 Å². The highest BCUT2D eigenvalue weighted by molar-refractivity contribution is 7.98. The molecule has 0 amide bonds. The molecule has 0 radical (unpaired) electrons. The van der Waals surface area contributed by atoms with Crippen LogP contribution in [-0.2, 0) is 19.2 Å². The molecule has 132 valence electrons. The van der Waals surface area contributed by atoms with Gasteiger partial charge in [0.1, 0.15) is 5.82 Å². The fraction of sp³-hybridized carbons (Fsp3) is 0.200. The van der Waals surface area contributed by atoms with Crippen molar-refractivity contribution in [3.63, 3.8) is 0 Å². The van der Waals surface area contributed by atoms with E-state index in [0.717, 1.165) is 16.6 Å². The second-order valence-corrected chi connectivity index (χ2v) is 7.03. The Bertz CT molecular complexity index is 880. The summed E-state index contributed by atoms with van der Waals surface area (Å²) >= 11 is 2.39. The van der Waals surface area contributed by atoms with Crippen LogP contribution >= 0.6 is 23.1 Å². The summed E-state index contributed by atoms with van der Waals surface area (Å²) in [6.45, 7) is 0. The molecule has 0 saturated carbocycles. The molecule has 10 heteroatoms. The first kappa shape index (κ1) is 17.9. The summed E-state index contributed by atoms with van der Waals surface area (Å²) in [6, 6.07) is 3.83. The Morgan fingerprint density at radius 1 is 1.00 bits per heavy atom. The summed E-state index contributed by atoms with van der Waals surface area (Å²) in [4.78, 5) is 1.06. The lowest BCUT2D eigenvalue weighted by molar-refractivity contribution is 0.372. The number of hydrogen-bond acceptors (Lipinski definition) is 4. The summed E-state index contributed by atoms with van der Waals surface area (Å²) in [7, 11) is 1.67. The van der Waals surface area contributed by atoms with Crippen molar-refractivity contribution in [1.82, 2.24) is 14.8 Å². The molecule has 0 aliphatic rings. The molecule has 0 fully saturated rings. The molecular formula is C15H10F5N3S2. The van der Waals surface area contributed by atoms with Crippen LogP contribution in [0.2, 0.25) is 0 Å². The number of thioether (sulfide) groups is 1. The molecule has 0 atom stereocenters. The predicted octanol–water partition coefficient (Wildman–Crippen LogP) is 4.46. The van der Waals surface area contributed by atoms with Gasteiger partial charge in [0.15, 0.2) is 28.4 Å². The highest BCUT2D eigenvalue weighted by Crippen LogP contribution is 2.29. The van der Waals surface area contributed by atoms with Gasteiger partial charge in [-0.3, -0.25) is 0 Å². The molecule has 0 aliphatic heterocycles. The van der Waals surface area contributed by atoms with Gasteiger partial charge < -0.3 is 4.57 Å². The smallest absolute Gasteiger partial charge is 0.200 e. The van der Waals surface area contributed by atoms with E-state index in [1.165, 1.54) is 0 Å². The van der Waals surface area contributed by atoms with E-state index in [9.17, 15) is 22.0 Å². The number of thiophene rings is 1. The molecule has 2 heterocycles. The third-order valence-corrected chi connectivity index (χ3v) is 5.41. The average Bonchev–Trinajstić information content (AvgIpc) is 3.23. The highest BCUT2D eigenvalue weighted by Gasteiger charge is 2.26. The number of aromatic nitrogens is 3. The Hall–Kier alpha value is -1.94. The first-order valence-electron chi connectivity index (χ1n) is 6.94. The standard InChI is InChI=1S/C15H10F5N3S2/c1-23-9(5-7-3-2-4-24-7)21-22-15(23)25-6-8-10(16)12(18)14(20)13(19)11(8)17/h2-4H,5-6H2,1H3. The number of benzene rings is 1. The van der Waals surface area contributed by atoms with Crippen LogP contribution in [0.4, 0.5) is 22.0 Å². The Morgan fingerprint density at radius 2 is 1.64 bits per heavy atom. The van der Waals surface area contributed by atoms with Gasteiger partial charge >= 0.3 is 0 Å². The lowest BCUT2D eigenvalue weighted by Crippen LogP contribution is -2.06. The molecule has 0 N–H and O–H groups in total. The minimum Gasteiger partial charge on any atom is -0.309 e. The topological polar surface area (TPSA) is 30.7 Å². The molecule has 2 aromatic heterocycles. The van der Waals surface area contributed by atoms with Crippen LogP contribution in [0.1, 0.15) is 16.3 Å². The van der Waals surface area contributed by atoms with Crippen molar-refractivity contribution in [3.8, 4) is 0 Å². The molecule has 0 unspecified atom stereocenters. The Labute approximate surface area is 147 Å². The third kappa shape index (κ3) is 3.40.